The Morgan fingerprint density at radius 2 is 1.85 bits per heavy atom. The van der Waals surface area contributed by atoms with Crippen molar-refractivity contribution in [1.82, 2.24) is 15.5 Å². The van der Waals surface area contributed by atoms with Crippen molar-refractivity contribution in [3.8, 4) is 0 Å². The van der Waals surface area contributed by atoms with Crippen LogP contribution in [0.1, 0.15) is 30.9 Å². The maximum Gasteiger partial charge on any atom is 0.409 e. The lowest BCUT2D eigenvalue weighted by atomic mass is 10.0. The minimum atomic E-state index is -0.610. The molecule has 1 aromatic carbocycles. The third kappa shape index (κ3) is 6.02. The zero-order valence-electron chi connectivity index (χ0n) is 15.4. The van der Waals surface area contributed by atoms with Crippen molar-refractivity contribution >= 4 is 29.7 Å². The normalized spacial score (nSPS) is 15.6. The largest absolute Gasteiger partial charge is 0.469 e. The minimum absolute atomic E-state index is 0.0333. The molecular formula is C18H24ClN3O5. The van der Waals surface area contributed by atoms with Crippen molar-refractivity contribution in [2.75, 3.05) is 27.3 Å². The van der Waals surface area contributed by atoms with Crippen molar-refractivity contribution in [2.24, 2.45) is 0 Å². The average molecular weight is 398 g/mol. The molecule has 0 aliphatic carbocycles. The predicted molar refractivity (Wildman–Crippen MR) is 99.5 cm³/mol. The number of amides is 3. The summed E-state index contributed by atoms with van der Waals surface area (Å²) in [6, 6.07) is 5.93. The van der Waals surface area contributed by atoms with Gasteiger partial charge in [0.05, 0.1) is 26.7 Å². The van der Waals surface area contributed by atoms with Gasteiger partial charge in [0.25, 0.3) is 0 Å². The summed E-state index contributed by atoms with van der Waals surface area (Å²) in [5.41, 5.74) is 0.639. The van der Waals surface area contributed by atoms with Gasteiger partial charge in [-0.2, -0.15) is 0 Å². The van der Waals surface area contributed by atoms with Crippen LogP contribution in [0.5, 0.6) is 0 Å². The molecule has 2 rings (SSSR count). The molecule has 2 N–H and O–H groups in total. The van der Waals surface area contributed by atoms with E-state index in [1.165, 1.54) is 14.2 Å². The molecule has 0 radical (unpaired) electrons. The number of methoxy groups -OCH3 is 2. The van der Waals surface area contributed by atoms with Crippen molar-refractivity contribution < 1.29 is 23.9 Å². The van der Waals surface area contributed by atoms with Crippen molar-refractivity contribution in [3.05, 3.63) is 34.9 Å². The summed E-state index contributed by atoms with van der Waals surface area (Å²) in [5.74, 6) is -0.452. The highest BCUT2D eigenvalue weighted by atomic mass is 35.5. The highest BCUT2D eigenvalue weighted by molar-refractivity contribution is 6.31. The summed E-state index contributed by atoms with van der Waals surface area (Å²) < 4.78 is 9.41. The van der Waals surface area contributed by atoms with Crippen LogP contribution in [-0.2, 0) is 14.3 Å². The molecule has 1 aliphatic rings. The van der Waals surface area contributed by atoms with Crippen LogP contribution in [0.15, 0.2) is 24.3 Å². The van der Waals surface area contributed by atoms with Crippen LogP contribution in [-0.4, -0.2) is 56.3 Å². The predicted octanol–water partition coefficient (Wildman–Crippen LogP) is 2.47. The van der Waals surface area contributed by atoms with E-state index in [9.17, 15) is 14.4 Å². The lowest BCUT2D eigenvalue weighted by molar-refractivity contribution is -0.141. The molecule has 148 valence electrons. The quantitative estimate of drug-likeness (QED) is 0.744. The first-order chi connectivity index (χ1) is 12.9. The fourth-order valence-corrected chi connectivity index (χ4v) is 3.23. The number of carbonyl (C=O) groups is 3. The summed E-state index contributed by atoms with van der Waals surface area (Å²) >= 11 is 6.21. The molecule has 1 heterocycles. The molecule has 0 saturated carbocycles. The zero-order valence-corrected chi connectivity index (χ0v) is 16.1. The van der Waals surface area contributed by atoms with E-state index in [0.29, 0.717) is 36.5 Å². The Labute approximate surface area is 163 Å². The summed E-state index contributed by atoms with van der Waals surface area (Å²) in [6.07, 6.45) is 0.843. The van der Waals surface area contributed by atoms with Gasteiger partial charge in [-0.1, -0.05) is 29.8 Å². The number of esters is 1. The Hall–Kier alpha value is -2.48. The number of hydrogen-bond donors (Lipinski definition) is 2. The number of nitrogens with zero attached hydrogens (tertiary/aromatic N) is 1. The molecule has 0 unspecified atom stereocenters. The topological polar surface area (TPSA) is 97.0 Å². The van der Waals surface area contributed by atoms with Gasteiger partial charge in [0.15, 0.2) is 0 Å². The van der Waals surface area contributed by atoms with Gasteiger partial charge in [-0.05, 0) is 24.5 Å². The number of hydrogen-bond acceptors (Lipinski definition) is 5. The molecule has 0 bridgehead atoms. The van der Waals surface area contributed by atoms with Gasteiger partial charge >= 0.3 is 18.1 Å². The molecule has 1 saturated heterocycles. The first-order valence-electron chi connectivity index (χ1n) is 8.65. The summed E-state index contributed by atoms with van der Waals surface area (Å²) in [5, 5.41) is 6.13. The molecule has 0 spiro atoms. The van der Waals surface area contributed by atoms with Crippen LogP contribution in [0.3, 0.4) is 0 Å². The Morgan fingerprint density at radius 3 is 2.44 bits per heavy atom. The molecule has 9 heteroatoms. The van der Waals surface area contributed by atoms with Crippen LogP contribution in [0.25, 0.3) is 0 Å². The smallest absolute Gasteiger partial charge is 0.409 e. The van der Waals surface area contributed by atoms with E-state index in [0.717, 1.165) is 0 Å². The Morgan fingerprint density at radius 1 is 1.19 bits per heavy atom. The molecular weight excluding hydrogens is 374 g/mol. The number of benzene rings is 1. The van der Waals surface area contributed by atoms with E-state index in [4.69, 9.17) is 21.1 Å². The number of piperidine rings is 1. The van der Waals surface area contributed by atoms with E-state index in [-0.39, 0.29) is 18.6 Å². The number of halogens is 1. The highest BCUT2D eigenvalue weighted by Gasteiger charge is 2.26. The molecule has 3 amide bonds. The van der Waals surface area contributed by atoms with E-state index in [1.54, 1.807) is 29.2 Å². The molecule has 27 heavy (non-hydrogen) atoms. The van der Waals surface area contributed by atoms with Crippen molar-refractivity contribution in [2.45, 2.75) is 31.3 Å². The molecule has 8 nitrogen and oxygen atoms in total. The standard InChI is InChI=1S/C18H24ClN3O5/c1-26-16(23)11-15(13-5-3-4-6-14(13)19)21-17(24)20-12-7-9-22(10-8-12)18(25)27-2/h3-6,12,15H,7-11H2,1-2H3,(H2,20,21,24)/t15-/m0/s1. The fraction of sp³-hybridized carbons (Fsp3) is 0.500. The maximum absolute atomic E-state index is 12.4. The summed E-state index contributed by atoms with van der Waals surface area (Å²) in [6.45, 7) is 1.02. The van der Waals surface area contributed by atoms with Crippen LogP contribution in [0.2, 0.25) is 5.02 Å². The lowest BCUT2D eigenvalue weighted by Gasteiger charge is -2.31. The zero-order chi connectivity index (χ0) is 19.8. The van der Waals surface area contributed by atoms with Gasteiger partial charge in [-0.15, -0.1) is 0 Å². The monoisotopic (exact) mass is 397 g/mol. The first kappa shape index (κ1) is 20.8. The van der Waals surface area contributed by atoms with Crippen LogP contribution in [0.4, 0.5) is 9.59 Å². The fourth-order valence-electron chi connectivity index (χ4n) is 2.97. The van der Waals surface area contributed by atoms with E-state index in [2.05, 4.69) is 10.6 Å². The number of rotatable bonds is 5. The van der Waals surface area contributed by atoms with E-state index in [1.807, 2.05) is 0 Å². The van der Waals surface area contributed by atoms with Crippen molar-refractivity contribution in [1.29, 1.82) is 0 Å². The molecule has 1 aliphatic heterocycles. The SMILES string of the molecule is COC(=O)C[C@H](NC(=O)NC1CCN(C(=O)OC)CC1)c1ccccc1Cl. The van der Waals surface area contributed by atoms with Gasteiger partial charge in [-0.25, -0.2) is 9.59 Å². The first-order valence-corrected chi connectivity index (χ1v) is 9.03. The third-order valence-electron chi connectivity index (χ3n) is 4.45. The maximum atomic E-state index is 12.4. The number of ether oxygens (including phenoxy) is 2. The lowest BCUT2D eigenvalue weighted by Crippen LogP contribution is -2.49. The van der Waals surface area contributed by atoms with Gasteiger partial charge < -0.3 is 25.0 Å². The van der Waals surface area contributed by atoms with E-state index >= 15 is 0 Å². The van der Waals surface area contributed by atoms with E-state index < -0.39 is 18.0 Å². The third-order valence-corrected chi connectivity index (χ3v) is 4.79. The second-order valence-corrected chi connectivity index (χ2v) is 6.61. The number of likely N-dealkylation sites (tertiary alicyclic amines) is 1. The Kier molecular flexibility index (Phi) is 7.72. The molecule has 1 fully saturated rings. The van der Waals surface area contributed by atoms with Crippen LogP contribution >= 0.6 is 11.6 Å². The average Bonchev–Trinajstić information content (AvgIpc) is 2.67. The number of urea groups is 1. The minimum Gasteiger partial charge on any atom is -0.469 e. The summed E-state index contributed by atoms with van der Waals surface area (Å²) in [4.78, 5) is 37.3. The Balaban J connectivity index is 1.95. The number of nitrogens with one attached hydrogen (secondary N) is 2. The van der Waals surface area contributed by atoms with Crippen LogP contribution in [0, 0.1) is 0 Å². The molecule has 1 atom stereocenters. The molecule has 1 aromatic rings. The van der Waals surface area contributed by atoms with Crippen LogP contribution < -0.4 is 10.6 Å². The highest BCUT2D eigenvalue weighted by Crippen LogP contribution is 2.25. The Bertz CT molecular complexity index is 677. The summed E-state index contributed by atoms with van der Waals surface area (Å²) in [7, 11) is 2.64. The van der Waals surface area contributed by atoms with Crippen molar-refractivity contribution in [3.63, 3.8) is 0 Å². The molecule has 0 aromatic heterocycles. The second kappa shape index (κ2) is 10.0. The van der Waals surface area contributed by atoms with Gasteiger partial charge in [0, 0.05) is 24.2 Å². The van der Waals surface area contributed by atoms with Gasteiger partial charge in [0.1, 0.15) is 0 Å². The van der Waals surface area contributed by atoms with Gasteiger partial charge in [0.2, 0.25) is 0 Å². The second-order valence-electron chi connectivity index (χ2n) is 6.20. The number of carbonyl (C=O) groups excluding carboxylic acids is 3. The van der Waals surface area contributed by atoms with Gasteiger partial charge in [-0.3, -0.25) is 4.79 Å².